The maximum Gasteiger partial charge on any atom is 0.244 e. The molecule has 0 bridgehead atoms. The Balaban J connectivity index is 1.73. The van der Waals surface area contributed by atoms with Crippen LogP contribution >= 0.6 is 0 Å². The third-order valence-electron chi connectivity index (χ3n) is 4.62. The van der Waals surface area contributed by atoms with Crippen LogP contribution in [-0.4, -0.2) is 48.7 Å². The predicted octanol–water partition coefficient (Wildman–Crippen LogP) is 2.81. The molecule has 9 heteroatoms. The summed E-state index contributed by atoms with van der Waals surface area (Å²) in [6, 6.07) is 7.96. The van der Waals surface area contributed by atoms with Gasteiger partial charge in [-0.3, -0.25) is 5.43 Å². The van der Waals surface area contributed by atoms with Gasteiger partial charge < -0.3 is 9.84 Å². The number of nitrogens with zero attached hydrogens (tertiary/aromatic N) is 3. The maximum absolute atomic E-state index is 12.6. The van der Waals surface area contributed by atoms with E-state index < -0.39 is 10.0 Å². The summed E-state index contributed by atoms with van der Waals surface area (Å²) in [5.74, 6) is 1.09. The van der Waals surface area contributed by atoms with Crippen LogP contribution in [0.1, 0.15) is 31.7 Å². The predicted molar refractivity (Wildman–Crippen MR) is 107 cm³/mol. The van der Waals surface area contributed by atoms with Crippen LogP contribution in [0, 0.1) is 0 Å². The highest BCUT2D eigenvalue weighted by Crippen LogP contribution is 2.24. The highest BCUT2D eigenvalue weighted by Gasteiger charge is 2.26. The SMILES string of the molecule is COc1ccc(O)c(/C(C)=N/Nc2ccc(S(=O)(=O)N3CCCCC3)cn2)c1. The number of phenols is 1. The molecule has 28 heavy (non-hydrogen) atoms. The lowest BCUT2D eigenvalue weighted by molar-refractivity contribution is 0.346. The number of anilines is 1. The highest BCUT2D eigenvalue weighted by atomic mass is 32.2. The number of benzene rings is 1. The summed E-state index contributed by atoms with van der Waals surface area (Å²) < 4.78 is 32.0. The summed E-state index contributed by atoms with van der Waals surface area (Å²) in [5, 5.41) is 14.2. The van der Waals surface area contributed by atoms with E-state index in [-0.39, 0.29) is 10.6 Å². The lowest BCUT2D eigenvalue weighted by atomic mass is 10.1. The van der Waals surface area contributed by atoms with E-state index in [2.05, 4.69) is 15.5 Å². The smallest absolute Gasteiger partial charge is 0.244 e. The number of pyridine rings is 1. The van der Waals surface area contributed by atoms with Crippen molar-refractivity contribution in [3.05, 3.63) is 42.1 Å². The van der Waals surface area contributed by atoms with Crippen LogP contribution in [0.3, 0.4) is 0 Å². The molecule has 1 aliphatic heterocycles. The average Bonchev–Trinajstić information content (AvgIpc) is 2.73. The molecule has 2 N–H and O–H groups in total. The Morgan fingerprint density at radius 3 is 2.61 bits per heavy atom. The van der Waals surface area contributed by atoms with Gasteiger partial charge in [-0.05, 0) is 50.1 Å². The molecule has 8 nitrogen and oxygen atoms in total. The van der Waals surface area contributed by atoms with Gasteiger partial charge in [-0.25, -0.2) is 13.4 Å². The second kappa shape index (κ2) is 8.57. The number of methoxy groups -OCH3 is 1. The minimum Gasteiger partial charge on any atom is -0.507 e. The molecule has 3 rings (SSSR count). The molecule has 1 saturated heterocycles. The fourth-order valence-corrected chi connectivity index (χ4v) is 4.45. The van der Waals surface area contributed by atoms with Crippen LogP contribution in [0.2, 0.25) is 0 Å². The average molecular weight is 404 g/mol. The Bertz CT molecular complexity index is 952. The third kappa shape index (κ3) is 4.42. The molecule has 150 valence electrons. The molecular weight excluding hydrogens is 380 g/mol. The van der Waals surface area contributed by atoms with Crippen molar-refractivity contribution >= 4 is 21.6 Å². The first-order chi connectivity index (χ1) is 13.4. The van der Waals surface area contributed by atoms with Gasteiger partial charge in [-0.15, -0.1) is 0 Å². The second-order valence-electron chi connectivity index (χ2n) is 6.54. The topological polar surface area (TPSA) is 104 Å². The summed E-state index contributed by atoms with van der Waals surface area (Å²) in [5.41, 5.74) is 3.84. The Kier molecular flexibility index (Phi) is 6.15. The number of hydrogen-bond donors (Lipinski definition) is 2. The van der Waals surface area contributed by atoms with E-state index in [1.54, 1.807) is 32.2 Å². The zero-order valence-corrected chi connectivity index (χ0v) is 16.7. The molecule has 0 radical (unpaired) electrons. The first kappa shape index (κ1) is 20.1. The molecule has 1 fully saturated rings. The van der Waals surface area contributed by atoms with Gasteiger partial charge in [0.2, 0.25) is 10.0 Å². The quantitative estimate of drug-likeness (QED) is 0.567. The minimum atomic E-state index is -3.51. The van der Waals surface area contributed by atoms with Crippen LogP contribution in [0.25, 0.3) is 0 Å². The third-order valence-corrected chi connectivity index (χ3v) is 6.50. The Morgan fingerprint density at radius 2 is 1.96 bits per heavy atom. The number of rotatable bonds is 6. The van der Waals surface area contributed by atoms with Crippen molar-refractivity contribution < 1.29 is 18.3 Å². The van der Waals surface area contributed by atoms with Crippen molar-refractivity contribution in [2.45, 2.75) is 31.1 Å². The summed E-state index contributed by atoms with van der Waals surface area (Å²) in [6.45, 7) is 2.84. The zero-order chi connectivity index (χ0) is 20.1. The normalized spacial score (nSPS) is 16.0. The molecule has 0 aliphatic carbocycles. The van der Waals surface area contributed by atoms with E-state index in [1.165, 1.54) is 22.6 Å². The Hall–Kier alpha value is -2.65. The number of hydrogen-bond acceptors (Lipinski definition) is 7. The van der Waals surface area contributed by atoms with Crippen LogP contribution < -0.4 is 10.2 Å². The molecule has 0 spiro atoms. The molecule has 0 unspecified atom stereocenters. The molecule has 1 aliphatic rings. The van der Waals surface area contributed by atoms with Gasteiger partial charge in [0.05, 0.1) is 12.8 Å². The Labute approximate surface area is 164 Å². The van der Waals surface area contributed by atoms with Gasteiger partial charge in [0, 0.05) is 24.8 Å². The van der Waals surface area contributed by atoms with Gasteiger partial charge in [0.15, 0.2) is 0 Å². The Morgan fingerprint density at radius 1 is 1.21 bits per heavy atom. The van der Waals surface area contributed by atoms with E-state index >= 15 is 0 Å². The lowest BCUT2D eigenvalue weighted by Gasteiger charge is -2.25. The van der Waals surface area contributed by atoms with Crippen LogP contribution in [0.5, 0.6) is 11.5 Å². The van der Waals surface area contributed by atoms with Gasteiger partial charge >= 0.3 is 0 Å². The molecule has 0 saturated carbocycles. The summed E-state index contributed by atoms with van der Waals surface area (Å²) in [6.07, 6.45) is 4.17. The summed E-state index contributed by atoms with van der Waals surface area (Å²) >= 11 is 0. The van der Waals surface area contributed by atoms with Crippen LogP contribution in [0.15, 0.2) is 46.5 Å². The minimum absolute atomic E-state index is 0.0831. The van der Waals surface area contributed by atoms with Crippen molar-refractivity contribution in [2.24, 2.45) is 5.10 Å². The lowest BCUT2D eigenvalue weighted by Crippen LogP contribution is -2.35. The number of aromatic nitrogens is 1. The number of aromatic hydroxyl groups is 1. The van der Waals surface area contributed by atoms with E-state index in [1.807, 2.05) is 0 Å². The number of phenolic OH excluding ortho intramolecular Hbond substituents is 1. The van der Waals surface area contributed by atoms with E-state index in [0.717, 1.165) is 19.3 Å². The van der Waals surface area contributed by atoms with Crippen LogP contribution in [-0.2, 0) is 10.0 Å². The van der Waals surface area contributed by atoms with E-state index in [9.17, 15) is 13.5 Å². The van der Waals surface area contributed by atoms with Gasteiger partial charge in [0.1, 0.15) is 22.2 Å². The molecule has 2 aromatic rings. The van der Waals surface area contributed by atoms with Crippen molar-refractivity contribution in [1.82, 2.24) is 9.29 Å². The molecule has 0 atom stereocenters. The molecule has 1 aromatic heterocycles. The van der Waals surface area contributed by atoms with Gasteiger partial charge in [-0.2, -0.15) is 9.41 Å². The van der Waals surface area contributed by atoms with Crippen molar-refractivity contribution in [1.29, 1.82) is 0 Å². The monoisotopic (exact) mass is 404 g/mol. The first-order valence-electron chi connectivity index (χ1n) is 9.05. The van der Waals surface area contributed by atoms with Crippen molar-refractivity contribution in [3.63, 3.8) is 0 Å². The summed E-state index contributed by atoms with van der Waals surface area (Å²) in [7, 11) is -1.96. The number of piperidine rings is 1. The molecule has 1 aromatic carbocycles. The summed E-state index contributed by atoms with van der Waals surface area (Å²) in [4.78, 5) is 4.32. The molecule has 0 amide bonds. The van der Waals surface area contributed by atoms with Crippen LogP contribution in [0.4, 0.5) is 5.82 Å². The molecule has 2 heterocycles. The standard InChI is InChI=1S/C19H24N4O4S/c1-14(17-12-15(27-2)6-8-18(17)24)21-22-19-9-7-16(13-20-19)28(25,26)23-10-4-3-5-11-23/h6-9,12-13,24H,3-5,10-11H2,1-2H3,(H,20,22)/b21-14+. The van der Waals surface area contributed by atoms with E-state index in [4.69, 9.17) is 4.74 Å². The second-order valence-corrected chi connectivity index (χ2v) is 8.47. The number of sulfonamides is 1. The fraction of sp³-hybridized carbons (Fsp3) is 0.368. The zero-order valence-electron chi connectivity index (χ0n) is 15.9. The molecular formula is C19H24N4O4S. The fourth-order valence-electron chi connectivity index (χ4n) is 2.99. The van der Waals surface area contributed by atoms with Gasteiger partial charge in [0.25, 0.3) is 0 Å². The number of nitrogens with one attached hydrogen (secondary N) is 1. The number of ether oxygens (including phenoxy) is 1. The first-order valence-corrected chi connectivity index (χ1v) is 10.5. The van der Waals surface area contributed by atoms with Gasteiger partial charge in [-0.1, -0.05) is 6.42 Å². The van der Waals surface area contributed by atoms with Crippen molar-refractivity contribution in [2.75, 3.05) is 25.6 Å². The van der Waals surface area contributed by atoms with E-state index in [0.29, 0.717) is 35.9 Å². The maximum atomic E-state index is 12.6. The largest absolute Gasteiger partial charge is 0.507 e. The number of hydrazone groups is 1. The highest BCUT2D eigenvalue weighted by molar-refractivity contribution is 7.89. The van der Waals surface area contributed by atoms with Crippen molar-refractivity contribution in [3.8, 4) is 11.5 Å².